The molecule has 0 saturated carbocycles. The molecule has 0 aliphatic carbocycles. The van der Waals surface area contributed by atoms with Gasteiger partial charge in [-0.05, 0) is 136 Å². The smallest absolute Gasteiger partial charge is 0.252 e. The zero-order valence-corrected chi connectivity index (χ0v) is 51.0. The molecule has 8 nitrogen and oxygen atoms in total. The molecule has 9 heteroatoms. The van der Waals surface area contributed by atoms with E-state index in [1.54, 1.807) is 0 Å². The molecular formula is C83H59BN8. The molecule has 0 N–H and O–H groups in total. The normalized spacial score (nSPS) is 12.4. The SMILES string of the molecule is CC(C)(C)c1ccc2c(c1)c1ccccc1n2-c1ccc(-c2nc(-c3ccccc3)nc(-c3ccccc3)n2)cc1-c1cc(-c2ccccc2)nc(-c2cccc(-c3cc4c5c(c3)N(c3ccccc3)c3ccccc3B5c3ccccc3N4c3ccccc3)c2)n1. The summed E-state index contributed by atoms with van der Waals surface area (Å²) in [7, 11) is 0. The zero-order valence-electron chi connectivity index (χ0n) is 51.0. The van der Waals surface area contributed by atoms with E-state index in [9.17, 15) is 0 Å². The summed E-state index contributed by atoms with van der Waals surface area (Å²) in [5, 5.41) is 2.36. The van der Waals surface area contributed by atoms with E-state index in [1.165, 1.54) is 32.7 Å². The molecule has 0 saturated heterocycles. The van der Waals surface area contributed by atoms with Crippen molar-refractivity contribution in [2.24, 2.45) is 0 Å². The van der Waals surface area contributed by atoms with E-state index in [0.29, 0.717) is 23.3 Å². The third-order valence-electron chi connectivity index (χ3n) is 18.2. The first-order chi connectivity index (χ1) is 45.3. The molecule has 0 fully saturated rings. The molecule has 0 unspecified atom stereocenters. The van der Waals surface area contributed by atoms with Gasteiger partial charge in [0, 0.05) is 78.3 Å². The lowest BCUT2D eigenvalue weighted by Crippen LogP contribution is -2.61. The maximum absolute atomic E-state index is 5.76. The number of nitrogens with zero attached hydrogens (tertiary/aromatic N) is 8. The van der Waals surface area contributed by atoms with Gasteiger partial charge < -0.3 is 14.4 Å². The second-order valence-electron chi connectivity index (χ2n) is 24.8. The number of para-hydroxylation sites is 5. The van der Waals surface area contributed by atoms with Gasteiger partial charge in [0.1, 0.15) is 0 Å². The Bertz CT molecular complexity index is 5170. The number of hydrogen-bond acceptors (Lipinski definition) is 7. The summed E-state index contributed by atoms with van der Waals surface area (Å²) in [4.78, 5) is 31.9. The predicted octanol–water partition coefficient (Wildman–Crippen LogP) is 18.8. The average Bonchev–Trinajstić information content (AvgIpc) is 0.884. The van der Waals surface area contributed by atoms with Crippen LogP contribution in [0, 0.1) is 0 Å². The summed E-state index contributed by atoms with van der Waals surface area (Å²) in [6.07, 6.45) is 0. The quantitative estimate of drug-likeness (QED) is 0.126. The van der Waals surface area contributed by atoms with Crippen LogP contribution in [0.25, 0.3) is 107 Å². The first-order valence-corrected chi connectivity index (χ1v) is 31.4. The van der Waals surface area contributed by atoms with Crippen molar-refractivity contribution >= 4 is 79.0 Å². The third-order valence-corrected chi connectivity index (χ3v) is 18.2. The first-order valence-electron chi connectivity index (χ1n) is 31.4. The number of fused-ring (bicyclic) bond motifs is 7. The Hall–Kier alpha value is -11.8. The minimum Gasteiger partial charge on any atom is -0.311 e. The Balaban J connectivity index is 0.896. The zero-order chi connectivity index (χ0) is 61.4. The van der Waals surface area contributed by atoms with Gasteiger partial charge in [-0.2, -0.15) is 0 Å². The van der Waals surface area contributed by atoms with Crippen LogP contribution >= 0.6 is 0 Å². The van der Waals surface area contributed by atoms with Crippen molar-refractivity contribution < 1.29 is 0 Å². The van der Waals surface area contributed by atoms with E-state index in [0.717, 1.165) is 107 Å². The molecule has 0 atom stereocenters. The van der Waals surface area contributed by atoms with Crippen LogP contribution in [0.5, 0.6) is 0 Å². The summed E-state index contributed by atoms with van der Waals surface area (Å²) in [6.45, 7) is 6.83. The van der Waals surface area contributed by atoms with Gasteiger partial charge in [0.25, 0.3) is 6.71 Å². The van der Waals surface area contributed by atoms with E-state index < -0.39 is 0 Å². The molecule has 434 valence electrons. The van der Waals surface area contributed by atoms with Crippen molar-refractivity contribution in [3.8, 4) is 84.9 Å². The standard InChI is InChI=1S/C83H59BN8/c1-83(2,3)61-45-47-72-65(52-61)64-38-19-22-41-71(64)92(72)73-46-44-59(82-88-79(55-28-11-5-12-29-55)87-80(89-82)56-30-13-6-14-31-56)49-66(73)70-53-69(54-26-9-4-10-27-54)85-81(86-70)58-33-25-32-57(48-58)60-50-76-78-77(51-60)91(63-36-17-8-18-37-63)75-43-24-21-40-68(75)84(78)67-39-20-23-42-74(67)90(76)62-34-15-7-16-35-62/h4-53H,1-3H3. The number of anilines is 6. The lowest BCUT2D eigenvalue weighted by molar-refractivity contribution is 0.591. The van der Waals surface area contributed by atoms with E-state index in [-0.39, 0.29) is 12.1 Å². The molecule has 5 heterocycles. The van der Waals surface area contributed by atoms with Gasteiger partial charge in [-0.25, -0.2) is 24.9 Å². The van der Waals surface area contributed by atoms with Crippen molar-refractivity contribution in [2.75, 3.05) is 9.80 Å². The second-order valence-corrected chi connectivity index (χ2v) is 24.8. The van der Waals surface area contributed by atoms with Crippen molar-refractivity contribution in [1.29, 1.82) is 0 Å². The van der Waals surface area contributed by atoms with Gasteiger partial charge in [0.05, 0.1) is 28.1 Å². The molecule has 2 aliphatic rings. The lowest BCUT2D eigenvalue weighted by Gasteiger charge is -2.44. The van der Waals surface area contributed by atoms with Gasteiger partial charge in [0.15, 0.2) is 23.3 Å². The topological polar surface area (TPSA) is 75.9 Å². The fourth-order valence-corrected chi connectivity index (χ4v) is 13.8. The van der Waals surface area contributed by atoms with Gasteiger partial charge in [-0.1, -0.05) is 227 Å². The fourth-order valence-electron chi connectivity index (χ4n) is 13.8. The Morgan fingerprint density at radius 3 is 1.36 bits per heavy atom. The van der Waals surface area contributed by atoms with Crippen molar-refractivity contribution in [3.63, 3.8) is 0 Å². The Morgan fingerprint density at radius 2 is 0.761 bits per heavy atom. The Morgan fingerprint density at radius 1 is 0.293 bits per heavy atom. The van der Waals surface area contributed by atoms with Crippen LogP contribution in [-0.4, -0.2) is 36.2 Å². The minimum absolute atomic E-state index is 0.00549. The van der Waals surface area contributed by atoms with Crippen molar-refractivity contribution in [2.45, 2.75) is 26.2 Å². The fraction of sp³-hybridized carbons (Fsp3) is 0.0482. The van der Waals surface area contributed by atoms with Crippen LogP contribution in [0.3, 0.4) is 0 Å². The molecule has 0 amide bonds. The molecule has 12 aromatic carbocycles. The molecule has 0 spiro atoms. The maximum Gasteiger partial charge on any atom is 0.252 e. The van der Waals surface area contributed by atoms with Crippen LogP contribution in [0.2, 0.25) is 0 Å². The van der Waals surface area contributed by atoms with Gasteiger partial charge in [0.2, 0.25) is 0 Å². The van der Waals surface area contributed by atoms with Crippen LogP contribution in [0.1, 0.15) is 26.3 Å². The van der Waals surface area contributed by atoms with E-state index in [2.05, 4.69) is 278 Å². The average molecular weight is 1180 g/mol. The Labute approximate surface area is 535 Å². The van der Waals surface area contributed by atoms with E-state index in [1.807, 2.05) is 60.7 Å². The molecule has 3 aromatic heterocycles. The van der Waals surface area contributed by atoms with Crippen LogP contribution < -0.4 is 26.2 Å². The monoisotopic (exact) mass is 1180 g/mol. The van der Waals surface area contributed by atoms with Gasteiger partial charge in [-0.3, -0.25) is 0 Å². The summed E-state index contributed by atoms with van der Waals surface area (Å²) in [5.74, 6) is 2.32. The molecule has 0 radical (unpaired) electrons. The molecule has 15 aromatic rings. The highest BCUT2D eigenvalue weighted by Crippen LogP contribution is 2.47. The predicted molar refractivity (Wildman–Crippen MR) is 381 cm³/mol. The number of aromatic nitrogens is 6. The Kier molecular flexibility index (Phi) is 13.0. The van der Waals surface area contributed by atoms with Gasteiger partial charge in [-0.15, -0.1) is 0 Å². The molecule has 17 rings (SSSR count). The summed E-state index contributed by atoms with van der Waals surface area (Å²) >= 11 is 0. The van der Waals surface area contributed by atoms with Crippen molar-refractivity contribution in [1.82, 2.24) is 29.5 Å². The summed E-state index contributed by atoms with van der Waals surface area (Å²) < 4.78 is 2.40. The van der Waals surface area contributed by atoms with Crippen LogP contribution in [-0.2, 0) is 5.41 Å². The second kappa shape index (κ2) is 22.0. The maximum atomic E-state index is 5.76. The highest BCUT2D eigenvalue weighted by atomic mass is 15.2. The van der Waals surface area contributed by atoms with Crippen LogP contribution in [0.4, 0.5) is 34.1 Å². The number of benzene rings is 12. The minimum atomic E-state index is -0.0582. The highest BCUT2D eigenvalue weighted by molar-refractivity contribution is 7.00. The number of hydrogen-bond donors (Lipinski definition) is 0. The highest BCUT2D eigenvalue weighted by Gasteiger charge is 2.43. The largest absolute Gasteiger partial charge is 0.311 e. The summed E-state index contributed by atoms with van der Waals surface area (Å²) in [6, 6.07) is 108. The lowest BCUT2D eigenvalue weighted by atomic mass is 9.33. The van der Waals surface area contributed by atoms with E-state index >= 15 is 0 Å². The molecular weight excluding hydrogens is 1120 g/mol. The van der Waals surface area contributed by atoms with E-state index in [4.69, 9.17) is 24.9 Å². The molecule has 0 bridgehead atoms. The van der Waals surface area contributed by atoms with Crippen LogP contribution in [0.15, 0.2) is 303 Å². The van der Waals surface area contributed by atoms with Crippen molar-refractivity contribution in [3.05, 3.63) is 309 Å². The first kappa shape index (κ1) is 54.4. The third kappa shape index (κ3) is 9.35. The summed E-state index contributed by atoms with van der Waals surface area (Å²) in [5.41, 5.74) is 23.9. The molecule has 2 aliphatic heterocycles. The van der Waals surface area contributed by atoms with Gasteiger partial charge >= 0.3 is 0 Å². The number of rotatable bonds is 10. The molecule has 92 heavy (non-hydrogen) atoms.